The van der Waals surface area contributed by atoms with Gasteiger partial charge in [-0.25, -0.2) is 0 Å². The first-order valence-electron chi connectivity index (χ1n) is 7.52. The van der Waals surface area contributed by atoms with E-state index in [9.17, 15) is 0 Å². The lowest BCUT2D eigenvalue weighted by atomic mass is 9.94. The monoisotopic (exact) mass is 295 g/mol. The zero-order valence-electron chi connectivity index (χ0n) is 11.8. The van der Waals surface area contributed by atoms with Gasteiger partial charge >= 0.3 is 0 Å². The van der Waals surface area contributed by atoms with Crippen LogP contribution in [-0.2, 0) is 0 Å². The first-order chi connectivity index (χ1) is 9.85. The number of alkyl halides is 1. The Labute approximate surface area is 125 Å². The fourth-order valence-corrected chi connectivity index (χ4v) is 3.36. The van der Waals surface area contributed by atoms with Crippen molar-refractivity contribution in [1.82, 2.24) is 4.90 Å². The molecule has 20 heavy (non-hydrogen) atoms. The predicted octanol–water partition coefficient (Wildman–Crippen LogP) is 3.17. The molecule has 1 aromatic carbocycles. The van der Waals surface area contributed by atoms with E-state index in [2.05, 4.69) is 4.90 Å². The molecule has 0 radical (unpaired) electrons. The predicted molar refractivity (Wildman–Crippen MR) is 80.9 cm³/mol. The molecule has 0 aromatic heterocycles. The molecule has 3 rings (SSSR count). The highest BCUT2D eigenvalue weighted by molar-refractivity contribution is 6.17. The van der Waals surface area contributed by atoms with Crippen LogP contribution in [0, 0.1) is 5.92 Å². The van der Waals surface area contributed by atoms with Gasteiger partial charge in [0, 0.05) is 12.4 Å². The molecular formula is C16H22ClNO2. The third kappa shape index (κ3) is 3.39. The van der Waals surface area contributed by atoms with Crippen LogP contribution < -0.4 is 9.47 Å². The van der Waals surface area contributed by atoms with Gasteiger partial charge in [0.15, 0.2) is 11.5 Å². The van der Waals surface area contributed by atoms with Gasteiger partial charge in [-0.1, -0.05) is 12.1 Å². The summed E-state index contributed by atoms with van der Waals surface area (Å²) in [6.07, 6.45) is 3.83. The van der Waals surface area contributed by atoms with Gasteiger partial charge in [0.05, 0.1) is 0 Å². The maximum atomic E-state index is 6.02. The van der Waals surface area contributed by atoms with Crippen molar-refractivity contribution in [3.05, 3.63) is 24.3 Å². The Hall–Kier alpha value is -0.930. The summed E-state index contributed by atoms with van der Waals surface area (Å²) in [4.78, 5) is 2.49. The van der Waals surface area contributed by atoms with Crippen molar-refractivity contribution < 1.29 is 9.47 Å². The average molecular weight is 296 g/mol. The zero-order valence-corrected chi connectivity index (χ0v) is 12.5. The summed E-state index contributed by atoms with van der Waals surface area (Å²) in [5.74, 6) is 3.35. The number of benzene rings is 1. The maximum absolute atomic E-state index is 6.02. The minimum atomic E-state index is 0.148. The Morgan fingerprint density at radius 3 is 2.65 bits per heavy atom. The van der Waals surface area contributed by atoms with Crippen molar-refractivity contribution in [2.45, 2.75) is 25.4 Å². The van der Waals surface area contributed by atoms with E-state index >= 15 is 0 Å². The molecule has 3 nitrogen and oxygen atoms in total. The molecule has 2 heterocycles. The van der Waals surface area contributed by atoms with Crippen molar-refractivity contribution in [3.63, 3.8) is 0 Å². The fraction of sp³-hybridized carbons (Fsp3) is 0.625. The summed E-state index contributed by atoms with van der Waals surface area (Å²) < 4.78 is 11.8. The van der Waals surface area contributed by atoms with Gasteiger partial charge in [-0.2, -0.15) is 0 Å². The van der Waals surface area contributed by atoms with Gasteiger partial charge in [0.1, 0.15) is 12.7 Å². The summed E-state index contributed by atoms with van der Waals surface area (Å²) in [5, 5.41) is 0. The van der Waals surface area contributed by atoms with Crippen LogP contribution in [0.2, 0.25) is 0 Å². The van der Waals surface area contributed by atoms with E-state index < -0.39 is 0 Å². The molecule has 2 aliphatic rings. The van der Waals surface area contributed by atoms with Gasteiger partial charge in [-0.15, -0.1) is 11.6 Å². The van der Waals surface area contributed by atoms with Crippen LogP contribution >= 0.6 is 11.6 Å². The van der Waals surface area contributed by atoms with Crippen molar-refractivity contribution >= 4 is 11.6 Å². The summed E-state index contributed by atoms with van der Waals surface area (Å²) >= 11 is 5.82. The van der Waals surface area contributed by atoms with Crippen LogP contribution in [0.5, 0.6) is 11.5 Å². The summed E-state index contributed by atoms with van der Waals surface area (Å²) in [6.45, 7) is 3.92. The fourth-order valence-electron chi connectivity index (χ4n) is 3.05. The number of rotatable bonds is 4. The number of para-hydroxylation sites is 2. The highest BCUT2D eigenvalue weighted by Crippen LogP contribution is 2.31. The Morgan fingerprint density at radius 2 is 1.90 bits per heavy atom. The molecule has 0 N–H and O–H groups in total. The van der Waals surface area contributed by atoms with Gasteiger partial charge in [-0.05, 0) is 50.4 Å². The Morgan fingerprint density at radius 1 is 1.15 bits per heavy atom. The molecule has 0 saturated carbocycles. The van der Waals surface area contributed by atoms with E-state index in [1.54, 1.807) is 0 Å². The number of nitrogens with zero attached hydrogens (tertiary/aromatic N) is 1. The molecule has 0 spiro atoms. The van der Waals surface area contributed by atoms with Gasteiger partial charge < -0.3 is 9.47 Å². The van der Waals surface area contributed by atoms with E-state index in [0.29, 0.717) is 6.61 Å². The van der Waals surface area contributed by atoms with Gasteiger partial charge in [0.25, 0.3) is 0 Å². The second kappa shape index (κ2) is 6.68. The third-order valence-electron chi connectivity index (χ3n) is 4.25. The van der Waals surface area contributed by atoms with Crippen molar-refractivity contribution in [1.29, 1.82) is 0 Å². The Bertz CT molecular complexity index is 432. The van der Waals surface area contributed by atoms with Crippen LogP contribution in [0.25, 0.3) is 0 Å². The van der Waals surface area contributed by atoms with E-state index in [1.165, 1.54) is 12.8 Å². The highest BCUT2D eigenvalue weighted by atomic mass is 35.5. The summed E-state index contributed by atoms with van der Waals surface area (Å²) in [5.41, 5.74) is 0. The summed E-state index contributed by atoms with van der Waals surface area (Å²) in [6, 6.07) is 7.91. The SMILES string of the molecule is ClCCC1CCN(C[C@H]2COc3ccccc3O2)CC1. The van der Waals surface area contributed by atoms with E-state index in [4.69, 9.17) is 21.1 Å². The molecule has 1 aromatic rings. The first kappa shape index (κ1) is 14.0. The molecule has 1 atom stereocenters. The normalized spacial score (nSPS) is 23.8. The van der Waals surface area contributed by atoms with Crippen LogP contribution in [0.4, 0.5) is 0 Å². The third-order valence-corrected chi connectivity index (χ3v) is 4.47. The number of hydrogen-bond acceptors (Lipinski definition) is 3. The smallest absolute Gasteiger partial charge is 0.161 e. The molecular weight excluding hydrogens is 274 g/mol. The lowest BCUT2D eigenvalue weighted by Gasteiger charge is -2.35. The van der Waals surface area contributed by atoms with E-state index in [1.807, 2.05) is 24.3 Å². The molecule has 110 valence electrons. The van der Waals surface area contributed by atoms with E-state index in [0.717, 1.165) is 49.4 Å². The molecule has 0 bridgehead atoms. The number of hydrogen-bond donors (Lipinski definition) is 0. The number of ether oxygens (including phenoxy) is 2. The van der Waals surface area contributed by atoms with Crippen LogP contribution in [0.15, 0.2) is 24.3 Å². The number of halogens is 1. The maximum Gasteiger partial charge on any atom is 0.161 e. The minimum absolute atomic E-state index is 0.148. The molecule has 2 aliphatic heterocycles. The van der Waals surface area contributed by atoms with Crippen molar-refractivity contribution in [2.75, 3.05) is 32.1 Å². The quantitative estimate of drug-likeness (QED) is 0.797. The van der Waals surface area contributed by atoms with Crippen molar-refractivity contribution in [3.8, 4) is 11.5 Å². The number of likely N-dealkylation sites (tertiary alicyclic amines) is 1. The van der Waals surface area contributed by atoms with Crippen LogP contribution in [0.1, 0.15) is 19.3 Å². The van der Waals surface area contributed by atoms with E-state index in [-0.39, 0.29) is 6.10 Å². The standard InChI is InChI=1S/C16H22ClNO2/c17-8-5-13-6-9-18(10-7-13)11-14-12-19-15-3-1-2-4-16(15)20-14/h1-4,13-14H,5-12H2/t14-/m0/s1. The average Bonchev–Trinajstić information content (AvgIpc) is 2.49. The lowest BCUT2D eigenvalue weighted by Crippen LogP contribution is -2.44. The zero-order chi connectivity index (χ0) is 13.8. The molecule has 4 heteroatoms. The molecule has 0 unspecified atom stereocenters. The summed E-state index contributed by atoms with van der Waals surface area (Å²) in [7, 11) is 0. The molecule has 1 saturated heterocycles. The first-order valence-corrected chi connectivity index (χ1v) is 8.05. The number of fused-ring (bicyclic) bond motifs is 1. The van der Waals surface area contributed by atoms with Gasteiger partial charge in [-0.3, -0.25) is 4.90 Å². The number of piperidine rings is 1. The second-order valence-electron chi connectivity index (χ2n) is 5.72. The molecule has 1 fully saturated rings. The van der Waals surface area contributed by atoms with Crippen LogP contribution in [-0.4, -0.2) is 43.1 Å². The largest absolute Gasteiger partial charge is 0.486 e. The highest BCUT2D eigenvalue weighted by Gasteiger charge is 2.25. The van der Waals surface area contributed by atoms with Crippen molar-refractivity contribution in [2.24, 2.45) is 5.92 Å². The second-order valence-corrected chi connectivity index (χ2v) is 6.10. The molecule has 0 aliphatic carbocycles. The van der Waals surface area contributed by atoms with Crippen LogP contribution in [0.3, 0.4) is 0 Å². The topological polar surface area (TPSA) is 21.7 Å². The Balaban J connectivity index is 1.48. The van der Waals surface area contributed by atoms with Gasteiger partial charge in [0.2, 0.25) is 0 Å². The Kier molecular flexibility index (Phi) is 4.69. The molecule has 0 amide bonds. The minimum Gasteiger partial charge on any atom is -0.486 e. The lowest BCUT2D eigenvalue weighted by molar-refractivity contribution is 0.0476.